The highest BCUT2D eigenvalue weighted by Gasteiger charge is 2.38. The molecule has 5 rings (SSSR count). The van der Waals surface area contributed by atoms with Gasteiger partial charge in [0.15, 0.2) is 0 Å². The standard InChI is InChI=1S/C20H14FN3O3S2/c21-10-3-4-14-12(6-10)13(8-23-14)17-19(26)24(9-11-2-1-5-27-11)15-7-16(18(22)25)28-20(15)29-17/h1-8,17,23H,9H2,(H2,22,25). The Balaban J connectivity index is 1.62. The van der Waals surface area contributed by atoms with E-state index in [9.17, 15) is 14.0 Å². The van der Waals surface area contributed by atoms with Crippen LogP contribution in [0, 0.1) is 5.82 Å². The normalized spacial score (nSPS) is 16.4. The number of benzene rings is 1. The van der Waals surface area contributed by atoms with Gasteiger partial charge in [0.2, 0.25) is 5.91 Å². The van der Waals surface area contributed by atoms with Crippen molar-refractivity contribution in [2.45, 2.75) is 16.0 Å². The molecule has 1 atom stereocenters. The maximum Gasteiger partial charge on any atom is 0.258 e. The number of hydrogen-bond donors (Lipinski definition) is 2. The van der Waals surface area contributed by atoms with Crippen molar-refractivity contribution in [3.8, 4) is 0 Å². The van der Waals surface area contributed by atoms with E-state index in [1.54, 1.807) is 41.6 Å². The number of nitrogens with two attached hydrogens (primary N) is 1. The molecule has 0 saturated carbocycles. The van der Waals surface area contributed by atoms with E-state index in [-0.39, 0.29) is 18.3 Å². The summed E-state index contributed by atoms with van der Waals surface area (Å²) in [7, 11) is 0. The van der Waals surface area contributed by atoms with E-state index in [1.165, 1.54) is 35.2 Å². The van der Waals surface area contributed by atoms with Gasteiger partial charge in [0.1, 0.15) is 16.8 Å². The van der Waals surface area contributed by atoms with Crippen LogP contribution < -0.4 is 10.6 Å². The topological polar surface area (TPSA) is 92.3 Å². The van der Waals surface area contributed by atoms with Crippen LogP contribution in [0.15, 0.2) is 57.5 Å². The average Bonchev–Trinajstić information content (AvgIpc) is 3.42. The summed E-state index contributed by atoms with van der Waals surface area (Å²) in [5.74, 6) is -0.461. The number of aromatic nitrogens is 1. The number of nitrogens with one attached hydrogen (secondary N) is 1. The number of carbonyl (C=O) groups excluding carboxylic acids is 2. The van der Waals surface area contributed by atoms with Crippen LogP contribution in [0.1, 0.15) is 26.2 Å². The first-order valence-electron chi connectivity index (χ1n) is 8.72. The first kappa shape index (κ1) is 18.0. The zero-order valence-electron chi connectivity index (χ0n) is 14.8. The van der Waals surface area contributed by atoms with Crippen LogP contribution in [-0.2, 0) is 11.3 Å². The fourth-order valence-electron chi connectivity index (χ4n) is 3.43. The predicted octanol–water partition coefficient (Wildman–Crippen LogP) is 4.44. The number of thioether (sulfide) groups is 1. The van der Waals surface area contributed by atoms with E-state index in [0.29, 0.717) is 27.3 Å². The summed E-state index contributed by atoms with van der Waals surface area (Å²) in [5, 5.41) is 0.0660. The number of furan rings is 1. The van der Waals surface area contributed by atoms with Crippen molar-refractivity contribution >= 4 is 51.5 Å². The maximum absolute atomic E-state index is 13.8. The third-order valence-corrected chi connectivity index (χ3v) is 7.37. The van der Waals surface area contributed by atoms with Crippen LogP contribution >= 0.6 is 23.1 Å². The molecule has 1 unspecified atom stereocenters. The van der Waals surface area contributed by atoms with Crippen molar-refractivity contribution in [3.05, 3.63) is 70.9 Å². The summed E-state index contributed by atoms with van der Waals surface area (Å²) < 4.78 is 20.1. The Morgan fingerprint density at radius 2 is 2.17 bits per heavy atom. The van der Waals surface area contributed by atoms with E-state index in [2.05, 4.69) is 4.98 Å². The van der Waals surface area contributed by atoms with E-state index >= 15 is 0 Å². The number of H-pyrrole nitrogens is 1. The van der Waals surface area contributed by atoms with E-state index in [0.717, 1.165) is 9.73 Å². The molecular formula is C20H14FN3O3S2. The molecule has 2 amide bonds. The third-order valence-electron chi connectivity index (χ3n) is 4.78. The summed E-state index contributed by atoms with van der Waals surface area (Å²) in [6.45, 7) is 0.224. The summed E-state index contributed by atoms with van der Waals surface area (Å²) in [5.41, 5.74) is 7.54. The van der Waals surface area contributed by atoms with Crippen molar-refractivity contribution in [1.82, 2.24) is 4.98 Å². The van der Waals surface area contributed by atoms with Gasteiger partial charge >= 0.3 is 0 Å². The average molecular weight is 427 g/mol. The van der Waals surface area contributed by atoms with Gasteiger partial charge in [-0.05, 0) is 36.4 Å². The lowest BCUT2D eigenvalue weighted by atomic mass is 10.1. The lowest BCUT2D eigenvalue weighted by molar-refractivity contribution is -0.118. The minimum atomic E-state index is -0.590. The fourth-order valence-corrected chi connectivity index (χ4v) is 5.97. The Hall–Kier alpha value is -3.04. The second kappa shape index (κ2) is 6.78. The number of carbonyl (C=O) groups is 2. The van der Waals surface area contributed by atoms with Gasteiger partial charge in [-0.2, -0.15) is 0 Å². The molecule has 0 aliphatic carbocycles. The molecule has 3 aromatic heterocycles. The molecule has 0 spiro atoms. The molecule has 4 heterocycles. The maximum atomic E-state index is 13.8. The number of primary amides is 1. The number of anilines is 1. The summed E-state index contributed by atoms with van der Waals surface area (Å²) in [4.78, 5) is 30.2. The molecule has 3 N–H and O–H groups in total. The van der Waals surface area contributed by atoms with Gasteiger partial charge in [0.05, 0.1) is 27.6 Å². The van der Waals surface area contributed by atoms with E-state index < -0.39 is 11.2 Å². The van der Waals surface area contributed by atoms with Gasteiger partial charge in [-0.3, -0.25) is 9.59 Å². The summed E-state index contributed by atoms with van der Waals surface area (Å²) in [6.07, 6.45) is 3.28. The number of halogens is 1. The van der Waals surface area contributed by atoms with Gasteiger partial charge in [0.25, 0.3) is 5.91 Å². The Morgan fingerprint density at radius 1 is 1.31 bits per heavy atom. The molecule has 6 nitrogen and oxygen atoms in total. The Bertz CT molecular complexity index is 1250. The minimum Gasteiger partial charge on any atom is -0.467 e. The number of rotatable bonds is 4. The smallest absolute Gasteiger partial charge is 0.258 e. The highest BCUT2D eigenvalue weighted by molar-refractivity contribution is 8.02. The number of nitrogens with zero attached hydrogens (tertiary/aromatic N) is 1. The molecule has 146 valence electrons. The van der Waals surface area contributed by atoms with Crippen LogP contribution in [0.4, 0.5) is 10.1 Å². The van der Waals surface area contributed by atoms with Gasteiger partial charge in [-0.25, -0.2) is 4.39 Å². The van der Waals surface area contributed by atoms with Gasteiger partial charge in [-0.15, -0.1) is 11.3 Å². The molecule has 0 fully saturated rings. The minimum absolute atomic E-state index is 0.169. The Labute approximate surface area is 172 Å². The molecule has 0 saturated heterocycles. The summed E-state index contributed by atoms with van der Waals surface area (Å²) in [6, 6.07) is 9.62. The number of amides is 2. The van der Waals surface area contributed by atoms with Crippen molar-refractivity contribution < 1.29 is 18.4 Å². The second-order valence-electron chi connectivity index (χ2n) is 6.58. The van der Waals surface area contributed by atoms with Gasteiger partial charge in [0, 0.05) is 22.7 Å². The van der Waals surface area contributed by atoms with Crippen LogP contribution in [0.2, 0.25) is 0 Å². The molecule has 0 bridgehead atoms. The van der Waals surface area contributed by atoms with E-state index in [1.807, 2.05) is 0 Å². The lowest BCUT2D eigenvalue weighted by Crippen LogP contribution is -2.36. The van der Waals surface area contributed by atoms with Crippen molar-refractivity contribution in [2.24, 2.45) is 5.73 Å². The van der Waals surface area contributed by atoms with E-state index in [4.69, 9.17) is 10.2 Å². The third kappa shape index (κ3) is 3.02. The van der Waals surface area contributed by atoms with Crippen LogP contribution in [0.5, 0.6) is 0 Å². The van der Waals surface area contributed by atoms with Crippen molar-refractivity contribution in [3.63, 3.8) is 0 Å². The lowest BCUT2D eigenvalue weighted by Gasteiger charge is -2.31. The number of hydrogen-bond acceptors (Lipinski definition) is 5. The quantitative estimate of drug-likeness (QED) is 0.504. The number of fused-ring (bicyclic) bond motifs is 2. The molecule has 9 heteroatoms. The predicted molar refractivity (Wildman–Crippen MR) is 110 cm³/mol. The Kier molecular flexibility index (Phi) is 4.21. The summed E-state index contributed by atoms with van der Waals surface area (Å²) >= 11 is 2.60. The van der Waals surface area contributed by atoms with Gasteiger partial charge in [-0.1, -0.05) is 11.8 Å². The molecule has 1 aliphatic heterocycles. The molecule has 0 radical (unpaired) electrons. The first-order valence-corrected chi connectivity index (χ1v) is 10.4. The highest BCUT2D eigenvalue weighted by atomic mass is 32.2. The SMILES string of the molecule is NC(=O)c1cc2c(s1)SC(c1c[nH]c3ccc(F)cc13)C(=O)N2Cc1ccco1. The van der Waals surface area contributed by atoms with Crippen LogP contribution in [0.25, 0.3) is 10.9 Å². The molecule has 4 aromatic rings. The number of aromatic amines is 1. The molecule has 29 heavy (non-hydrogen) atoms. The first-order chi connectivity index (χ1) is 14.0. The second-order valence-corrected chi connectivity index (χ2v) is 9.01. The zero-order chi connectivity index (χ0) is 20.1. The van der Waals surface area contributed by atoms with Gasteiger partial charge < -0.3 is 20.0 Å². The fraction of sp³-hybridized carbons (Fsp3) is 0.100. The monoisotopic (exact) mass is 427 g/mol. The van der Waals surface area contributed by atoms with Crippen molar-refractivity contribution in [2.75, 3.05) is 4.90 Å². The largest absolute Gasteiger partial charge is 0.467 e. The Morgan fingerprint density at radius 3 is 2.93 bits per heavy atom. The zero-order valence-corrected chi connectivity index (χ0v) is 16.5. The highest BCUT2D eigenvalue weighted by Crippen LogP contribution is 2.52. The number of thiophene rings is 1. The molecule has 1 aromatic carbocycles. The molecule has 1 aliphatic rings. The van der Waals surface area contributed by atoms with Crippen molar-refractivity contribution in [1.29, 1.82) is 0 Å². The molecular weight excluding hydrogens is 413 g/mol. The van der Waals surface area contributed by atoms with Crippen LogP contribution in [-0.4, -0.2) is 16.8 Å². The van der Waals surface area contributed by atoms with Crippen LogP contribution in [0.3, 0.4) is 0 Å².